The Hall–Kier alpha value is -1.47. The Balaban J connectivity index is 1.26. The summed E-state index contributed by atoms with van der Waals surface area (Å²) in [5, 5.41) is 22.7. The van der Waals surface area contributed by atoms with E-state index in [9.17, 15) is 14.7 Å². The monoisotopic (exact) mass is 360 g/mol. The molecule has 0 aromatic heterocycles. The van der Waals surface area contributed by atoms with Crippen LogP contribution in [-0.4, -0.2) is 69.4 Å². The summed E-state index contributed by atoms with van der Waals surface area (Å²) in [6, 6.07) is -0.222. The first kappa shape index (κ1) is 16.7. The molecule has 6 fully saturated rings. The Morgan fingerprint density at radius 1 is 1.27 bits per heavy atom. The van der Waals surface area contributed by atoms with E-state index in [1.807, 2.05) is 0 Å². The van der Waals surface area contributed by atoms with Crippen LogP contribution in [-0.2, 0) is 9.59 Å². The molecule has 0 spiro atoms. The minimum absolute atomic E-state index is 0.00195. The van der Waals surface area contributed by atoms with Crippen molar-refractivity contribution in [1.29, 1.82) is 5.41 Å². The summed E-state index contributed by atoms with van der Waals surface area (Å²) >= 11 is 0. The van der Waals surface area contributed by atoms with Gasteiger partial charge < -0.3 is 15.3 Å². The maximum Gasteiger partial charge on any atom is 0.243 e. The highest BCUT2D eigenvalue weighted by atomic mass is 16.3. The Labute approximate surface area is 153 Å². The lowest BCUT2D eigenvalue weighted by Gasteiger charge is -2.60. The number of amides is 2. The van der Waals surface area contributed by atoms with Crippen LogP contribution in [0.5, 0.6) is 0 Å². The van der Waals surface area contributed by atoms with Crippen LogP contribution in [0.2, 0.25) is 0 Å². The second kappa shape index (κ2) is 5.52. The van der Waals surface area contributed by atoms with E-state index >= 15 is 0 Å². The lowest BCUT2D eigenvalue weighted by molar-refractivity contribution is -0.147. The highest BCUT2D eigenvalue weighted by Crippen LogP contribution is 2.57. The number of carbonyl (C=O) groups is 2. The summed E-state index contributed by atoms with van der Waals surface area (Å²) in [5.41, 5.74) is -0.700. The van der Waals surface area contributed by atoms with Gasteiger partial charge in [-0.15, -0.1) is 0 Å². The van der Waals surface area contributed by atoms with Gasteiger partial charge in [0.15, 0.2) is 0 Å². The average Bonchev–Trinajstić information content (AvgIpc) is 3.04. The molecule has 4 aliphatic carbocycles. The third-order valence-corrected chi connectivity index (χ3v) is 7.42. The largest absolute Gasteiger partial charge is 0.390 e. The quantitative estimate of drug-likeness (QED) is 0.682. The zero-order chi connectivity index (χ0) is 18.1. The van der Waals surface area contributed by atoms with Crippen LogP contribution < -0.4 is 5.32 Å². The van der Waals surface area contributed by atoms with Gasteiger partial charge >= 0.3 is 0 Å². The topological polar surface area (TPSA) is 96.7 Å². The second-order valence-corrected chi connectivity index (χ2v) is 9.43. The van der Waals surface area contributed by atoms with Crippen LogP contribution in [0.4, 0.5) is 0 Å². The van der Waals surface area contributed by atoms with E-state index in [0.717, 1.165) is 44.9 Å². The molecule has 0 aromatic carbocycles. The molecule has 3 unspecified atom stereocenters. The van der Waals surface area contributed by atoms with Crippen molar-refractivity contribution in [2.75, 3.05) is 19.6 Å². The minimum atomic E-state index is -0.557. The average molecular weight is 360 g/mol. The molecule has 4 bridgehead atoms. The van der Waals surface area contributed by atoms with E-state index in [1.165, 1.54) is 11.3 Å². The zero-order valence-corrected chi connectivity index (χ0v) is 15.2. The van der Waals surface area contributed by atoms with Crippen LogP contribution in [0.1, 0.15) is 51.4 Å². The lowest BCUT2D eigenvalue weighted by Crippen LogP contribution is -2.66. The molecule has 6 rings (SSSR count). The van der Waals surface area contributed by atoms with Gasteiger partial charge in [-0.1, -0.05) is 0 Å². The van der Waals surface area contributed by atoms with E-state index < -0.39 is 5.60 Å². The number of nitrogens with zero attached hydrogens (tertiary/aromatic N) is 2. The number of carbonyl (C=O) groups excluding carboxylic acids is 2. The van der Waals surface area contributed by atoms with E-state index in [4.69, 9.17) is 5.41 Å². The maximum absolute atomic E-state index is 12.8. The number of hydrogen-bond donors (Lipinski definition) is 3. The Kier molecular flexibility index (Phi) is 3.54. The zero-order valence-electron chi connectivity index (χ0n) is 15.2. The van der Waals surface area contributed by atoms with Gasteiger partial charge in [0.25, 0.3) is 0 Å². The smallest absolute Gasteiger partial charge is 0.243 e. The first-order chi connectivity index (χ1) is 12.4. The van der Waals surface area contributed by atoms with Crippen LogP contribution >= 0.6 is 0 Å². The highest BCUT2D eigenvalue weighted by molar-refractivity contribution is 6.07. The van der Waals surface area contributed by atoms with Crippen molar-refractivity contribution in [3.63, 3.8) is 0 Å². The fourth-order valence-electron chi connectivity index (χ4n) is 6.84. The minimum Gasteiger partial charge on any atom is -0.390 e. The molecule has 5 atom stereocenters. The number of fused-ring (bicyclic) bond motifs is 1. The number of piperazine rings is 1. The first-order valence-electron chi connectivity index (χ1n) is 10.0. The second-order valence-electron chi connectivity index (χ2n) is 9.43. The van der Waals surface area contributed by atoms with Gasteiger partial charge in [0, 0.05) is 12.1 Å². The summed E-state index contributed by atoms with van der Waals surface area (Å²) in [5.74, 6) is 1.17. The van der Waals surface area contributed by atoms with Gasteiger partial charge in [0.2, 0.25) is 11.8 Å². The van der Waals surface area contributed by atoms with Gasteiger partial charge in [0.1, 0.15) is 12.4 Å². The van der Waals surface area contributed by atoms with E-state index in [1.54, 1.807) is 4.90 Å². The molecule has 2 aliphatic heterocycles. The molecule has 2 saturated heterocycles. The van der Waals surface area contributed by atoms with Crippen molar-refractivity contribution in [2.24, 2.45) is 11.8 Å². The fraction of sp³-hybridized carbons (Fsp3) is 0.842. The molecule has 4 saturated carbocycles. The summed E-state index contributed by atoms with van der Waals surface area (Å²) < 4.78 is 0. The molecule has 7 nitrogen and oxygen atoms in total. The molecular weight excluding hydrogens is 332 g/mol. The van der Waals surface area contributed by atoms with Crippen molar-refractivity contribution in [3.05, 3.63) is 0 Å². The molecule has 142 valence electrons. The summed E-state index contributed by atoms with van der Waals surface area (Å²) in [6.45, 7) is 0.854. The van der Waals surface area contributed by atoms with E-state index in [0.29, 0.717) is 18.4 Å². The fourth-order valence-corrected chi connectivity index (χ4v) is 6.84. The predicted octanol–water partition coefficient (Wildman–Crippen LogP) is 0.470. The van der Waals surface area contributed by atoms with Crippen molar-refractivity contribution in [3.8, 4) is 0 Å². The van der Waals surface area contributed by atoms with Gasteiger partial charge in [-0.3, -0.25) is 19.9 Å². The number of hydrogen-bond acceptors (Lipinski definition) is 5. The van der Waals surface area contributed by atoms with Crippen LogP contribution in [0.3, 0.4) is 0 Å². The van der Waals surface area contributed by atoms with Gasteiger partial charge in [0.05, 0.1) is 18.2 Å². The lowest BCUT2D eigenvalue weighted by atomic mass is 9.51. The van der Waals surface area contributed by atoms with E-state index in [2.05, 4.69) is 5.32 Å². The Morgan fingerprint density at radius 2 is 2.00 bits per heavy atom. The Morgan fingerprint density at radius 3 is 2.69 bits per heavy atom. The van der Waals surface area contributed by atoms with Crippen molar-refractivity contribution < 1.29 is 14.7 Å². The van der Waals surface area contributed by atoms with Crippen LogP contribution in [0.25, 0.3) is 0 Å². The van der Waals surface area contributed by atoms with Crippen molar-refractivity contribution >= 4 is 17.6 Å². The Bertz CT molecular complexity index is 664. The highest BCUT2D eigenvalue weighted by Gasteiger charge is 2.57. The molecule has 3 N–H and O–H groups in total. The molecular formula is C19H28N4O3. The normalized spacial score (nSPS) is 44.0. The van der Waals surface area contributed by atoms with Gasteiger partial charge in [-0.2, -0.15) is 0 Å². The number of nitrogens with one attached hydrogen (secondary N) is 2. The van der Waals surface area contributed by atoms with Crippen molar-refractivity contribution in [1.82, 2.24) is 15.1 Å². The number of amidine groups is 1. The summed E-state index contributed by atoms with van der Waals surface area (Å²) in [4.78, 5) is 28.2. The molecule has 0 aromatic rings. The third-order valence-electron chi connectivity index (χ3n) is 7.42. The van der Waals surface area contributed by atoms with Gasteiger partial charge in [-0.25, -0.2) is 0 Å². The molecule has 26 heavy (non-hydrogen) atoms. The predicted molar refractivity (Wildman–Crippen MR) is 94.5 cm³/mol. The van der Waals surface area contributed by atoms with Crippen molar-refractivity contribution in [2.45, 2.75) is 68.5 Å². The maximum atomic E-state index is 12.8. The third kappa shape index (κ3) is 2.51. The van der Waals surface area contributed by atoms with Gasteiger partial charge in [-0.05, 0) is 63.2 Å². The standard InChI is InChI=1S/C19H28N4O3/c20-17-14-2-1-3-22(14)16(25)10-23(17)15(24)9-21-18-5-12-4-13(6-18)8-19(26,7-12)11-18/h12-14,20-21,26H,1-11H2/t12-,13+,14?,18?,19?. The molecule has 2 heterocycles. The first-order valence-corrected chi connectivity index (χ1v) is 10.0. The van der Waals surface area contributed by atoms with Crippen LogP contribution in [0.15, 0.2) is 0 Å². The van der Waals surface area contributed by atoms with E-state index in [-0.39, 0.29) is 42.3 Å². The number of aliphatic hydroxyl groups is 1. The van der Waals surface area contributed by atoms with Crippen LogP contribution in [0, 0.1) is 17.2 Å². The summed E-state index contributed by atoms with van der Waals surface area (Å²) in [6.07, 6.45) is 7.51. The SMILES string of the molecule is N=C1C2CCCN2C(=O)CN1C(=O)CNC12C[C@@H]3C[C@@H](CC(O)(C3)C1)C2. The molecule has 7 heteroatoms. The molecule has 0 radical (unpaired) electrons. The summed E-state index contributed by atoms with van der Waals surface area (Å²) in [7, 11) is 0. The molecule has 2 amide bonds. The molecule has 6 aliphatic rings. The number of rotatable bonds is 3.